The van der Waals surface area contributed by atoms with Crippen molar-refractivity contribution in [3.8, 4) is 0 Å². The highest BCUT2D eigenvalue weighted by Gasteiger charge is 2.21. The van der Waals surface area contributed by atoms with Crippen molar-refractivity contribution in [2.24, 2.45) is 0 Å². The lowest BCUT2D eigenvalue weighted by Gasteiger charge is -2.17. The van der Waals surface area contributed by atoms with E-state index in [9.17, 15) is 17.6 Å². The van der Waals surface area contributed by atoms with Crippen LogP contribution >= 0.6 is 11.3 Å². The maximum Gasteiger partial charge on any atom is 0.257 e. The van der Waals surface area contributed by atoms with E-state index in [1.165, 1.54) is 41.7 Å². The third-order valence-electron chi connectivity index (χ3n) is 4.66. The first kappa shape index (κ1) is 21.1. The van der Waals surface area contributed by atoms with E-state index in [2.05, 4.69) is 10.3 Å². The number of fused-ring (bicyclic) bond motifs is 1. The standard InChI is InChI=1S/C22H18FN3O3S2/c1-26(14-15-6-3-2-4-7-15)31(28,29)17-12-10-16(11-13-17)21(27)25-22-24-20-18(23)8-5-9-19(20)30-22/h2-13H,14H2,1H3,(H,24,25,27). The Hall–Kier alpha value is -3.14. The van der Waals surface area contributed by atoms with E-state index >= 15 is 0 Å². The highest BCUT2D eigenvalue weighted by molar-refractivity contribution is 7.89. The van der Waals surface area contributed by atoms with Gasteiger partial charge < -0.3 is 0 Å². The van der Waals surface area contributed by atoms with Crippen LogP contribution in [0.2, 0.25) is 0 Å². The Balaban J connectivity index is 1.48. The highest BCUT2D eigenvalue weighted by Crippen LogP contribution is 2.28. The van der Waals surface area contributed by atoms with Gasteiger partial charge in [-0.15, -0.1) is 0 Å². The SMILES string of the molecule is CN(Cc1ccccc1)S(=O)(=O)c1ccc(C(=O)Nc2nc3c(F)cccc3s2)cc1. The second-order valence-electron chi connectivity index (χ2n) is 6.83. The third-order valence-corrected chi connectivity index (χ3v) is 7.42. The molecule has 158 valence electrons. The van der Waals surface area contributed by atoms with Crippen molar-refractivity contribution in [1.29, 1.82) is 0 Å². The van der Waals surface area contributed by atoms with Gasteiger partial charge in [-0.25, -0.2) is 17.8 Å². The first-order chi connectivity index (χ1) is 14.8. The van der Waals surface area contributed by atoms with Crippen molar-refractivity contribution in [3.05, 3.63) is 89.7 Å². The number of carbonyl (C=O) groups is 1. The van der Waals surface area contributed by atoms with Gasteiger partial charge >= 0.3 is 0 Å². The number of nitrogens with one attached hydrogen (secondary N) is 1. The number of aromatic nitrogens is 1. The molecule has 31 heavy (non-hydrogen) atoms. The van der Waals surface area contributed by atoms with E-state index < -0.39 is 21.7 Å². The number of hydrogen-bond acceptors (Lipinski definition) is 5. The number of rotatable bonds is 6. The molecular weight excluding hydrogens is 437 g/mol. The van der Waals surface area contributed by atoms with Crippen molar-refractivity contribution in [2.45, 2.75) is 11.4 Å². The number of anilines is 1. The monoisotopic (exact) mass is 455 g/mol. The zero-order valence-corrected chi connectivity index (χ0v) is 18.1. The average molecular weight is 456 g/mol. The molecule has 6 nitrogen and oxygen atoms in total. The highest BCUT2D eigenvalue weighted by atomic mass is 32.2. The fourth-order valence-electron chi connectivity index (χ4n) is 3.02. The van der Waals surface area contributed by atoms with Crippen LogP contribution in [0.5, 0.6) is 0 Å². The largest absolute Gasteiger partial charge is 0.298 e. The van der Waals surface area contributed by atoms with Crippen LogP contribution in [0.4, 0.5) is 9.52 Å². The summed E-state index contributed by atoms with van der Waals surface area (Å²) in [5.41, 5.74) is 1.34. The zero-order chi connectivity index (χ0) is 22.0. The minimum Gasteiger partial charge on any atom is -0.298 e. The minimum absolute atomic E-state index is 0.0875. The average Bonchev–Trinajstić information content (AvgIpc) is 3.18. The molecule has 4 rings (SSSR count). The summed E-state index contributed by atoms with van der Waals surface area (Å²) in [5.74, 6) is -0.913. The number of hydrogen-bond donors (Lipinski definition) is 1. The Morgan fingerprint density at radius 3 is 2.42 bits per heavy atom. The summed E-state index contributed by atoms with van der Waals surface area (Å²) in [6.45, 7) is 0.236. The van der Waals surface area contributed by atoms with Crippen molar-refractivity contribution >= 4 is 42.6 Å². The van der Waals surface area contributed by atoms with Gasteiger partial charge in [0.1, 0.15) is 11.3 Å². The van der Waals surface area contributed by atoms with E-state index in [4.69, 9.17) is 0 Å². The third kappa shape index (κ3) is 4.48. The molecule has 0 aliphatic rings. The van der Waals surface area contributed by atoms with Gasteiger partial charge in [-0.1, -0.05) is 47.7 Å². The number of carbonyl (C=O) groups excluding carboxylic acids is 1. The molecule has 0 saturated heterocycles. The maximum atomic E-state index is 13.8. The van der Waals surface area contributed by atoms with Gasteiger partial charge in [0.05, 0.1) is 9.60 Å². The van der Waals surface area contributed by atoms with Crippen molar-refractivity contribution < 1.29 is 17.6 Å². The summed E-state index contributed by atoms with van der Waals surface area (Å²) in [4.78, 5) is 16.7. The number of sulfonamides is 1. The van der Waals surface area contributed by atoms with E-state index in [1.807, 2.05) is 30.3 Å². The van der Waals surface area contributed by atoms with E-state index in [0.29, 0.717) is 4.70 Å². The van der Waals surface area contributed by atoms with Gasteiger partial charge in [0, 0.05) is 19.2 Å². The topological polar surface area (TPSA) is 79.4 Å². The lowest BCUT2D eigenvalue weighted by Crippen LogP contribution is -2.26. The van der Waals surface area contributed by atoms with Crippen molar-refractivity contribution in [1.82, 2.24) is 9.29 Å². The van der Waals surface area contributed by atoms with E-state index in [0.717, 1.165) is 16.9 Å². The van der Waals surface area contributed by atoms with Crippen LogP contribution in [0.3, 0.4) is 0 Å². The summed E-state index contributed by atoms with van der Waals surface area (Å²) in [6.07, 6.45) is 0. The molecule has 1 aromatic heterocycles. The number of benzene rings is 3. The molecule has 0 saturated carbocycles. The fourth-order valence-corrected chi connectivity index (χ4v) is 5.06. The number of thiazole rings is 1. The van der Waals surface area contributed by atoms with E-state index in [1.54, 1.807) is 12.1 Å². The number of para-hydroxylation sites is 1. The molecule has 0 bridgehead atoms. The van der Waals surface area contributed by atoms with Gasteiger partial charge in [0.15, 0.2) is 5.13 Å². The number of nitrogens with zero attached hydrogens (tertiary/aromatic N) is 2. The van der Waals surface area contributed by atoms with Gasteiger partial charge in [-0.3, -0.25) is 10.1 Å². The molecule has 0 radical (unpaired) electrons. The normalized spacial score (nSPS) is 11.7. The molecule has 1 N–H and O–H groups in total. The van der Waals surface area contributed by atoms with Gasteiger partial charge in [-0.05, 0) is 42.0 Å². The van der Waals surface area contributed by atoms with Crippen LogP contribution in [-0.4, -0.2) is 30.7 Å². The summed E-state index contributed by atoms with van der Waals surface area (Å²) in [6, 6.07) is 19.5. The molecule has 1 heterocycles. The number of halogens is 1. The van der Waals surface area contributed by atoms with E-state index in [-0.39, 0.29) is 27.7 Å². The van der Waals surface area contributed by atoms with Crippen LogP contribution in [0.25, 0.3) is 10.2 Å². The van der Waals surface area contributed by atoms with Gasteiger partial charge in [-0.2, -0.15) is 4.31 Å². The van der Waals surface area contributed by atoms with Gasteiger partial charge in [0.25, 0.3) is 5.91 Å². The van der Waals surface area contributed by atoms with Crippen LogP contribution in [-0.2, 0) is 16.6 Å². The molecule has 0 aliphatic carbocycles. The Bertz CT molecular complexity index is 1340. The Morgan fingerprint density at radius 2 is 1.74 bits per heavy atom. The van der Waals surface area contributed by atoms with Crippen LogP contribution in [0.1, 0.15) is 15.9 Å². The quantitative estimate of drug-likeness (QED) is 0.464. The molecule has 0 unspecified atom stereocenters. The second kappa shape index (κ2) is 8.54. The summed E-state index contributed by atoms with van der Waals surface area (Å²) >= 11 is 1.16. The smallest absolute Gasteiger partial charge is 0.257 e. The lowest BCUT2D eigenvalue weighted by atomic mass is 10.2. The zero-order valence-electron chi connectivity index (χ0n) is 16.4. The lowest BCUT2D eigenvalue weighted by molar-refractivity contribution is 0.102. The molecule has 0 aliphatic heterocycles. The Kier molecular flexibility index (Phi) is 5.81. The van der Waals surface area contributed by atoms with Crippen molar-refractivity contribution in [2.75, 3.05) is 12.4 Å². The fraction of sp³-hybridized carbons (Fsp3) is 0.0909. The summed E-state index contributed by atoms with van der Waals surface area (Å²) < 4.78 is 41.3. The van der Waals surface area contributed by atoms with Crippen LogP contribution in [0.15, 0.2) is 77.7 Å². The molecule has 4 aromatic rings. The second-order valence-corrected chi connectivity index (χ2v) is 9.91. The Labute approximate surface area is 183 Å². The van der Waals surface area contributed by atoms with Crippen LogP contribution in [0, 0.1) is 5.82 Å². The molecular formula is C22H18FN3O3S2. The minimum atomic E-state index is -3.71. The van der Waals surface area contributed by atoms with Crippen molar-refractivity contribution in [3.63, 3.8) is 0 Å². The molecule has 0 fully saturated rings. The first-order valence-corrected chi connectivity index (χ1v) is 11.6. The molecule has 9 heteroatoms. The Morgan fingerprint density at radius 1 is 1.03 bits per heavy atom. The first-order valence-electron chi connectivity index (χ1n) is 9.31. The predicted octanol–water partition coefficient (Wildman–Crippen LogP) is 4.51. The maximum absolute atomic E-state index is 13.8. The van der Waals surface area contributed by atoms with Gasteiger partial charge in [0.2, 0.25) is 10.0 Å². The molecule has 0 atom stereocenters. The van der Waals surface area contributed by atoms with Crippen LogP contribution < -0.4 is 5.32 Å². The molecule has 0 spiro atoms. The number of amides is 1. The summed E-state index contributed by atoms with van der Waals surface area (Å²) in [7, 11) is -2.20. The molecule has 3 aromatic carbocycles. The summed E-state index contributed by atoms with van der Waals surface area (Å²) in [5, 5.41) is 2.90. The predicted molar refractivity (Wildman–Crippen MR) is 119 cm³/mol. The molecule has 1 amide bonds.